The summed E-state index contributed by atoms with van der Waals surface area (Å²) in [5.41, 5.74) is 7.97. The van der Waals surface area contributed by atoms with Crippen molar-refractivity contribution in [1.82, 2.24) is 0 Å². The first-order valence-electron chi connectivity index (χ1n) is 4.74. The molecule has 0 saturated carbocycles. The highest BCUT2D eigenvalue weighted by Gasteiger charge is 2.15. The molecule has 2 N–H and O–H groups in total. The Morgan fingerprint density at radius 1 is 1.27 bits per heavy atom. The molecule has 0 saturated heterocycles. The first-order valence-corrected chi connectivity index (χ1v) is 5.12. The summed E-state index contributed by atoms with van der Waals surface area (Å²) >= 11 is 6.18. The molecule has 0 aliphatic rings. The van der Waals surface area contributed by atoms with E-state index >= 15 is 0 Å². The standard InChI is InChI=1S/C12H12ClNO/c1-8-4-2-5-9(11(8)13)12(14)10-6-3-7-15-10/h2-7,12H,14H2,1H3. The van der Waals surface area contributed by atoms with Crippen molar-refractivity contribution in [2.75, 3.05) is 0 Å². The van der Waals surface area contributed by atoms with E-state index < -0.39 is 0 Å². The zero-order valence-corrected chi connectivity index (χ0v) is 9.16. The van der Waals surface area contributed by atoms with Crippen molar-refractivity contribution >= 4 is 11.6 Å². The fourth-order valence-electron chi connectivity index (χ4n) is 1.53. The molecule has 0 amide bonds. The molecular weight excluding hydrogens is 210 g/mol. The van der Waals surface area contributed by atoms with Crippen LogP contribution in [0.1, 0.15) is 22.9 Å². The monoisotopic (exact) mass is 221 g/mol. The van der Waals surface area contributed by atoms with Crippen LogP contribution in [0.2, 0.25) is 5.02 Å². The maximum atomic E-state index is 6.18. The molecule has 2 aromatic rings. The van der Waals surface area contributed by atoms with Crippen molar-refractivity contribution in [3.8, 4) is 0 Å². The van der Waals surface area contributed by atoms with E-state index in [9.17, 15) is 0 Å². The summed E-state index contributed by atoms with van der Waals surface area (Å²) in [4.78, 5) is 0. The Morgan fingerprint density at radius 3 is 2.73 bits per heavy atom. The molecule has 1 aromatic heterocycles. The molecule has 15 heavy (non-hydrogen) atoms. The van der Waals surface area contributed by atoms with Crippen molar-refractivity contribution in [2.45, 2.75) is 13.0 Å². The first-order chi connectivity index (χ1) is 7.20. The van der Waals surface area contributed by atoms with Gasteiger partial charge in [0.2, 0.25) is 0 Å². The van der Waals surface area contributed by atoms with Gasteiger partial charge in [0.1, 0.15) is 5.76 Å². The Morgan fingerprint density at radius 2 is 2.07 bits per heavy atom. The summed E-state index contributed by atoms with van der Waals surface area (Å²) in [6.45, 7) is 1.96. The lowest BCUT2D eigenvalue weighted by atomic mass is 10.0. The zero-order chi connectivity index (χ0) is 10.8. The lowest BCUT2D eigenvalue weighted by Gasteiger charge is -2.12. The summed E-state index contributed by atoms with van der Waals surface area (Å²) in [5.74, 6) is 0.725. The minimum atomic E-state index is -0.299. The Kier molecular flexibility index (Phi) is 2.80. The summed E-state index contributed by atoms with van der Waals surface area (Å²) in [7, 11) is 0. The molecule has 1 heterocycles. The van der Waals surface area contributed by atoms with Crippen molar-refractivity contribution in [3.63, 3.8) is 0 Å². The number of hydrogen-bond acceptors (Lipinski definition) is 2. The zero-order valence-electron chi connectivity index (χ0n) is 8.41. The number of nitrogens with two attached hydrogens (primary N) is 1. The van der Waals surface area contributed by atoms with Crippen LogP contribution in [0.15, 0.2) is 41.0 Å². The maximum absolute atomic E-state index is 6.18. The van der Waals surface area contributed by atoms with Gasteiger partial charge in [-0.25, -0.2) is 0 Å². The summed E-state index contributed by atoms with van der Waals surface area (Å²) < 4.78 is 5.26. The van der Waals surface area contributed by atoms with Crippen LogP contribution in [0.25, 0.3) is 0 Å². The maximum Gasteiger partial charge on any atom is 0.125 e. The average Bonchev–Trinajstić information content (AvgIpc) is 2.74. The molecule has 1 unspecified atom stereocenters. The Labute approximate surface area is 93.7 Å². The van der Waals surface area contributed by atoms with Gasteiger partial charge in [-0.3, -0.25) is 0 Å². The number of rotatable bonds is 2. The lowest BCUT2D eigenvalue weighted by Crippen LogP contribution is -2.11. The van der Waals surface area contributed by atoms with E-state index in [0.717, 1.165) is 16.9 Å². The molecule has 2 nitrogen and oxygen atoms in total. The Balaban J connectivity index is 2.42. The SMILES string of the molecule is Cc1cccc(C(N)c2ccco2)c1Cl. The number of benzene rings is 1. The molecule has 78 valence electrons. The van der Waals surface area contributed by atoms with Gasteiger partial charge in [-0.2, -0.15) is 0 Å². The lowest BCUT2D eigenvalue weighted by molar-refractivity contribution is 0.490. The second kappa shape index (κ2) is 4.09. The molecule has 2 rings (SSSR count). The predicted molar refractivity (Wildman–Crippen MR) is 60.9 cm³/mol. The summed E-state index contributed by atoms with van der Waals surface area (Å²) in [6, 6.07) is 9.19. The van der Waals surface area contributed by atoms with Gasteiger partial charge >= 0.3 is 0 Å². The van der Waals surface area contributed by atoms with E-state index in [1.54, 1.807) is 6.26 Å². The molecule has 1 atom stereocenters. The van der Waals surface area contributed by atoms with Crippen molar-refractivity contribution in [1.29, 1.82) is 0 Å². The van der Waals surface area contributed by atoms with Gasteiger partial charge in [0.25, 0.3) is 0 Å². The van der Waals surface area contributed by atoms with Gasteiger partial charge in [0.05, 0.1) is 12.3 Å². The van der Waals surface area contributed by atoms with E-state index in [-0.39, 0.29) is 6.04 Å². The molecule has 0 bridgehead atoms. The van der Waals surface area contributed by atoms with Crippen molar-refractivity contribution in [2.24, 2.45) is 5.73 Å². The van der Waals surface area contributed by atoms with E-state index in [4.69, 9.17) is 21.8 Å². The fourth-order valence-corrected chi connectivity index (χ4v) is 1.78. The molecule has 0 spiro atoms. The Bertz CT molecular complexity index is 451. The van der Waals surface area contributed by atoms with Crippen LogP contribution in [-0.2, 0) is 0 Å². The van der Waals surface area contributed by atoms with Gasteiger partial charge in [-0.05, 0) is 30.2 Å². The molecule has 0 aliphatic carbocycles. The molecule has 3 heteroatoms. The molecule has 0 radical (unpaired) electrons. The largest absolute Gasteiger partial charge is 0.467 e. The van der Waals surface area contributed by atoms with Crippen LogP contribution in [0.5, 0.6) is 0 Å². The topological polar surface area (TPSA) is 39.2 Å². The second-order valence-electron chi connectivity index (χ2n) is 3.47. The van der Waals surface area contributed by atoms with Crippen LogP contribution in [-0.4, -0.2) is 0 Å². The molecular formula is C12H12ClNO. The summed E-state index contributed by atoms with van der Waals surface area (Å²) in [5, 5.41) is 0.710. The van der Waals surface area contributed by atoms with Gasteiger partial charge in [0, 0.05) is 5.02 Å². The quantitative estimate of drug-likeness (QED) is 0.845. The van der Waals surface area contributed by atoms with Crippen LogP contribution >= 0.6 is 11.6 Å². The third-order valence-corrected chi connectivity index (χ3v) is 2.92. The predicted octanol–water partition coefficient (Wildman–Crippen LogP) is 3.29. The van der Waals surface area contributed by atoms with Crippen molar-refractivity contribution < 1.29 is 4.42 Å². The van der Waals surface area contributed by atoms with Crippen molar-refractivity contribution in [3.05, 3.63) is 58.5 Å². The average molecular weight is 222 g/mol. The molecule has 0 aliphatic heterocycles. The number of halogens is 1. The highest BCUT2D eigenvalue weighted by molar-refractivity contribution is 6.32. The fraction of sp³-hybridized carbons (Fsp3) is 0.167. The van der Waals surface area contributed by atoms with Crippen LogP contribution in [0.3, 0.4) is 0 Å². The van der Waals surface area contributed by atoms with E-state index in [2.05, 4.69) is 0 Å². The van der Waals surface area contributed by atoms with E-state index in [1.807, 2.05) is 37.3 Å². The smallest absolute Gasteiger partial charge is 0.125 e. The van der Waals surface area contributed by atoms with Crippen LogP contribution in [0.4, 0.5) is 0 Å². The minimum Gasteiger partial charge on any atom is -0.467 e. The second-order valence-corrected chi connectivity index (χ2v) is 3.85. The normalized spacial score (nSPS) is 12.7. The number of aryl methyl sites for hydroxylation is 1. The third kappa shape index (κ3) is 1.91. The highest BCUT2D eigenvalue weighted by Crippen LogP contribution is 2.28. The molecule has 1 aromatic carbocycles. The van der Waals surface area contributed by atoms with E-state index in [1.165, 1.54) is 0 Å². The number of hydrogen-bond donors (Lipinski definition) is 1. The highest BCUT2D eigenvalue weighted by atomic mass is 35.5. The van der Waals surface area contributed by atoms with Gasteiger partial charge in [0.15, 0.2) is 0 Å². The van der Waals surface area contributed by atoms with Gasteiger partial charge in [-0.15, -0.1) is 0 Å². The van der Waals surface area contributed by atoms with Crippen LogP contribution in [0, 0.1) is 6.92 Å². The summed E-state index contributed by atoms with van der Waals surface area (Å²) in [6.07, 6.45) is 1.61. The van der Waals surface area contributed by atoms with Gasteiger partial charge < -0.3 is 10.2 Å². The Hall–Kier alpha value is -1.25. The van der Waals surface area contributed by atoms with E-state index in [0.29, 0.717) is 5.02 Å². The minimum absolute atomic E-state index is 0.299. The van der Waals surface area contributed by atoms with Crippen LogP contribution < -0.4 is 5.73 Å². The third-order valence-electron chi connectivity index (χ3n) is 2.41. The molecule has 0 fully saturated rings. The number of furan rings is 1. The van der Waals surface area contributed by atoms with Gasteiger partial charge in [-0.1, -0.05) is 29.8 Å². The first kappa shape index (κ1) is 10.3.